The molecule has 0 saturated heterocycles. The summed E-state index contributed by atoms with van der Waals surface area (Å²) in [5, 5.41) is 9.59. The number of nitrogens with zero attached hydrogens (tertiary/aromatic N) is 2. The number of hydrogen-bond acceptors (Lipinski definition) is 7. The summed E-state index contributed by atoms with van der Waals surface area (Å²) in [5.74, 6) is 0.706. The number of H-pyrrole nitrogens is 2. The van der Waals surface area contributed by atoms with E-state index < -0.39 is 17.2 Å². The molecule has 1 aromatic heterocycles. The van der Waals surface area contributed by atoms with Crippen molar-refractivity contribution in [2.45, 2.75) is 19.8 Å². The maximum atomic E-state index is 11.8. The monoisotopic (exact) mass is 439 g/mol. The zero-order valence-corrected chi connectivity index (χ0v) is 16.3. The van der Waals surface area contributed by atoms with Crippen LogP contribution in [0.3, 0.4) is 0 Å². The van der Waals surface area contributed by atoms with Crippen molar-refractivity contribution in [3.05, 3.63) is 48.7 Å². The van der Waals surface area contributed by atoms with Crippen molar-refractivity contribution in [1.82, 2.24) is 20.6 Å². The number of carbonyl (C=O) groups is 1. The number of carbonyl (C=O) groups excluding carboxylic acids is 1. The number of methoxy groups -OCH3 is 1. The Morgan fingerprint density at radius 3 is 2.85 bits per heavy atom. The van der Waals surface area contributed by atoms with Gasteiger partial charge in [0.2, 0.25) is 5.91 Å². The van der Waals surface area contributed by atoms with E-state index in [1.165, 1.54) is 13.3 Å². The van der Waals surface area contributed by atoms with Crippen LogP contribution in [0.2, 0.25) is 0 Å². The first-order chi connectivity index (χ1) is 12.9. The first kappa shape index (κ1) is 20.4. The van der Waals surface area contributed by atoms with Gasteiger partial charge >= 0.3 is 5.69 Å². The number of hydrogen-bond donors (Lipinski definition) is 3. The van der Waals surface area contributed by atoms with Crippen LogP contribution >= 0.6 is 15.9 Å². The third-order valence-corrected chi connectivity index (χ3v) is 3.90. The van der Waals surface area contributed by atoms with Gasteiger partial charge in [-0.05, 0) is 40.5 Å². The van der Waals surface area contributed by atoms with Crippen molar-refractivity contribution in [3.8, 4) is 11.5 Å². The number of ether oxygens (including phenoxy) is 2. The van der Waals surface area contributed by atoms with Crippen LogP contribution in [-0.2, 0) is 11.2 Å². The van der Waals surface area contributed by atoms with Crippen molar-refractivity contribution < 1.29 is 14.3 Å². The van der Waals surface area contributed by atoms with Crippen LogP contribution in [0.1, 0.15) is 24.6 Å². The van der Waals surface area contributed by atoms with E-state index in [9.17, 15) is 14.4 Å². The predicted octanol–water partition coefficient (Wildman–Crippen LogP) is 0.711. The number of nitrogens with one attached hydrogen (secondary N) is 3. The summed E-state index contributed by atoms with van der Waals surface area (Å²) in [6.07, 6.45) is 1.50. The average molecular weight is 440 g/mol. The second-order valence-electron chi connectivity index (χ2n) is 5.21. The van der Waals surface area contributed by atoms with Gasteiger partial charge in [0.05, 0.1) is 24.4 Å². The molecule has 2 aromatic rings. The molecule has 1 aromatic carbocycles. The van der Waals surface area contributed by atoms with Gasteiger partial charge in [0, 0.05) is 12.8 Å². The fraction of sp³-hybridized carbons (Fsp3) is 0.312. The maximum absolute atomic E-state index is 11.8. The first-order valence-electron chi connectivity index (χ1n) is 7.94. The zero-order chi connectivity index (χ0) is 19.8. The van der Waals surface area contributed by atoms with Gasteiger partial charge in [-0.1, -0.05) is 0 Å². The lowest BCUT2D eigenvalue weighted by Gasteiger charge is -2.11. The fourth-order valence-electron chi connectivity index (χ4n) is 2.11. The van der Waals surface area contributed by atoms with Crippen LogP contribution < -0.4 is 26.1 Å². The molecular formula is C16H18BrN5O5. The van der Waals surface area contributed by atoms with E-state index in [2.05, 4.69) is 36.7 Å². The lowest BCUT2D eigenvalue weighted by molar-refractivity contribution is -0.121. The van der Waals surface area contributed by atoms with Gasteiger partial charge in [-0.25, -0.2) is 15.3 Å². The number of benzene rings is 1. The molecule has 0 unspecified atom stereocenters. The summed E-state index contributed by atoms with van der Waals surface area (Å²) in [6, 6.07) is 3.49. The first-order valence-corrected chi connectivity index (χ1v) is 8.74. The third kappa shape index (κ3) is 5.78. The molecule has 0 aliphatic heterocycles. The van der Waals surface area contributed by atoms with Gasteiger partial charge in [0.25, 0.3) is 5.56 Å². The summed E-state index contributed by atoms with van der Waals surface area (Å²) in [6.45, 7) is 2.36. The highest BCUT2D eigenvalue weighted by molar-refractivity contribution is 9.10. The summed E-state index contributed by atoms with van der Waals surface area (Å²) >= 11 is 3.40. The van der Waals surface area contributed by atoms with Crippen LogP contribution in [0.25, 0.3) is 0 Å². The molecule has 144 valence electrons. The van der Waals surface area contributed by atoms with Gasteiger partial charge in [-0.3, -0.25) is 14.6 Å². The summed E-state index contributed by atoms with van der Waals surface area (Å²) in [5.41, 5.74) is 1.78. The number of amides is 1. The molecule has 2 rings (SSSR count). The minimum absolute atomic E-state index is 0.0181. The number of aryl methyl sites for hydroxylation is 1. The van der Waals surface area contributed by atoms with Crippen molar-refractivity contribution in [2.75, 3.05) is 13.7 Å². The molecular weight excluding hydrogens is 422 g/mol. The quantitative estimate of drug-likeness (QED) is 0.408. The predicted molar refractivity (Wildman–Crippen MR) is 101 cm³/mol. The van der Waals surface area contributed by atoms with E-state index in [4.69, 9.17) is 9.47 Å². The van der Waals surface area contributed by atoms with E-state index in [0.717, 1.165) is 0 Å². The van der Waals surface area contributed by atoms with Crippen LogP contribution in [0.4, 0.5) is 0 Å². The Kier molecular flexibility index (Phi) is 7.29. The average Bonchev–Trinajstić information content (AvgIpc) is 2.63. The van der Waals surface area contributed by atoms with Crippen molar-refractivity contribution in [2.24, 2.45) is 5.10 Å². The molecule has 27 heavy (non-hydrogen) atoms. The molecule has 1 amide bonds. The second kappa shape index (κ2) is 9.67. The van der Waals surface area contributed by atoms with Crippen LogP contribution in [0.5, 0.6) is 11.5 Å². The van der Waals surface area contributed by atoms with Gasteiger partial charge in [-0.15, -0.1) is 0 Å². The second-order valence-corrected chi connectivity index (χ2v) is 6.07. The molecule has 0 atom stereocenters. The highest BCUT2D eigenvalue weighted by Gasteiger charge is 2.11. The number of halogens is 1. The number of rotatable bonds is 8. The molecule has 0 aliphatic carbocycles. The Hall–Kier alpha value is -2.95. The third-order valence-electron chi connectivity index (χ3n) is 3.31. The van der Waals surface area contributed by atoms with Gasteiger partial charge < -0.3 is 9.47 Å². The van der Waals surface area contributed by atoms with E-state index in [-0.39, 0.29) is 18.5 Å². The zero-order valence-electron chi connectivity index (χ0n) is 14.7. The molecule has 0 aliphatic rings. The topological polar surface area (TPSA) is 139 Å². The molecule has 0 bridgehead atoms. The van der Waals surface area contributed by atoms with Gasteiger partial charge in [-0.2, -0.15) is 10.2 Å². The summed E-state index contributed by atoms with van der Waals surface area (Å²) in [4.78, 5) is 36.2. The highest BCUT2D eigenvalue weighted by atomic mass is 79.9. The maximum Gasteiger partial charge on any atom is 0.342 e. The molecule has 11 heteroatoms. The minimum Gasteiger partial charge on any atom is -0.493 e. The Labute approximate surface area is 162 Å². The van der Waals surface area contributed by atoms with Crippen LogP contribution in [-0.4, -0.2) is 41.0 Å². The minimum atomic E-state index is -0.699. The van der Waals surface area contributed by atoms with E-state index in [0.29, 0.717) is 28.1 Å². The van der Waals surface area contributed by atoms with E-state index in [1.54, 1.807) is 12.1 Å². The SMILES string of the molecule is CCOc1c(Br)cc(/C=N/NC(=O)CCc2n[nH]c(=O)[nH]c2=O)cc1OC. The normalized spacial score (nSPS) is 10.8. The van der Waals surface area contributed by atoms with Crippen molar-refractivity contribution in [1.29, 1.82) is 0 Å². The van der Waals surface area contributed by atoms with Crippen molar-refractivity contribution >= 4 is 28.1 Å². The molecule has 1 heterocycles. The van der Waals surface area contributed by atoms with Crippen molar-refractivity contribution in [3.63, 3.8) is 0 Å². The van der Waals surface area contributed by atoms with E-state index in [1.807, 2.05) is 11.9 Å². The number of aromatic amines is 2. The van der Waals surface area contributed by atoms with Gasteiger partial charge in [0.15, 0.2) is 11.5 Å². The number of hydrazone groups is 1. The summed E-state index contributed by atoms with van der Waals surface area (Å²) < 4.78 is 11.5. The Bertz CT molecular complexity index is 953. The molecule has 10 nitrogen and oxygen atoms in total. The lowest BCUT2D eigenvalue weighted by atomic mass is 10.2. The smallest absolute Gasteiger partial charge is 0.342 e. The fourth-order valence-corrected chi connectivity index (χ4v) is 2.68. The number of aromatic nitrogens is 3. The molecule has 3 N–H and O–H groups in total. The Balaban J connectivity index is 1.96. The molecule has 0 spiro atoms. The summed E-state index contributed by atoms with van der Waals surface area (Å²) in [7, 11) is 1.53. The Morgan fingerprint density at radius 2 is 2.19 bits per heavy atom. The standard InChI is InChI=1S/C16H18BrN5O5/c1-3-27-14-10(17)6-9(7-12(14)26-2)8-18-21-13(23)5-4-11-15(24)19-16(25)22-20-11/h6-8H,3-5H2,1-2H3,(H,21,23)(H2,19,22,24,25)/b18-8+. The largest absolute Gasteiger partial charge is 0.493 e. The van der Waals surface area contributed by atoms with Gasteiger partial charge in [0.1, 0.15) is 5.69 Å². The molecule has 0 saturated carbocycles. The highest BCUT2D eigenvalue weighted by Crippen LogP contribution is 2.36. The van der Waals surface area contributed by atoms with Crippen LogP contribution in [0, 0.1) is 0 Å². The Morgan fingerprint density at radius 1 is 1.41 bits per heavy atom. The van der Waals surface area contributed by atoms with Crippen LogP contribution in [0.15, 0.2) is 31.3 Å². The van der Waals surface area contributed by atoms with E-state index >= 15 is 0 Å². The lowest BCUT2D eigenvalue weighted by Crippen LogP contribution is -2.28. The molecule has 0 fully saturated rings. The molecule has 0 radical (unpaired) electrons.